The zero-order valence-corrected chi connectivity index (χ0v) is 12.5. The molecule has 0 aliphatic carbocycles. The number of carbonyl (C=O) groups excluding carboxylic acids is 1. The third-order valence-electron chi connectivity index (χ3n) is 3.46. The molecule has 0 aliphatic heterocycles. The quantitative estimate of drug-likeness (QED) is 0.326. The molecule has 0 aromatic heterocycles. The molecular weight excluding hydrogens is 265 g/mol. The van der Waals surface area contributed by atoms with Gasteiger partial charge >= 0.3 is 6.18 Å². The predicted molar refractivity (Wildman–Crippen MR) is 76.6 cm³/mol. The van der Waals surface area contributed by atoms with E-state index in [2.05, 4.69) is 13.5 Å². The first-order valence-corrected chi connectivity index (χ1v) is 7.63. The van der Waals surface area contributed by atoms with Crippen LogP contribution in [0.15, 0.2) is 12.7 Å². The molecule has 1 unspecified atom stereocenters. The first-order chi connectivity index (χ1) is 9.43. The van der Waals surface area contributed by atoms with Crippen molar-refractivity contribution in [2.75, 3.05) is 0 Å². The Bertz CT molecular complexity index is 271. The highest BCUT2D eigenvalue weighted by molar-refractivity contribution is 5.81. The molecule has 0 amide bonds. The summed E-state index contributed by atoms with van der Waals surface area (Å²) < 4.78 is 37.9. The summed E-state index contributed by atoms with van der Waals surface area (Å²) in [6.45, 7) is 5.45. The lowest BCUT2D eigenvalue weighted by Gasteiger charge is -2.17. The van der Waals surface area contributed by atoms with Crippen LogP contribution in [0.4, 0.5) is 13.2 Å². The van der Waals surface area contributed by atoms with E-state index in [-0.39, 0.29) is 12.8 Å². The van der Waals surface area contributed by atoms with E-state index in [9.17, 15) is 18.0 Å². The summed E-state index contributed by atoms with van der Waals surface area (Å²) in [7, 11) is 0. The molecule has 0 rings (SSSR count). The fourth-order valence-electron chi connectivity index (χ4n) is 2.22. The molecule has 0 saturated carbocycles. The number of unbranched alkanes of at least 4 members (excludes halogenated alkanes) is 7. The van der Waals surface area contributed by atoms with Gasteiger partial charge in [-0.1, -0.05) is 57.9 Å². The lowest BCUT2D eigenvalue weighted by molar-refractivity contribution is -0.180. The van der Waals surface area contributed by atoms with Gasteiger partial charge in [0.25, 0.3) is 0 Å². The first-order valence-electron chi connectivity index (χ1n) is 7.63. The van der Waals surface area contributed by atoms with E-state index < -0.39 is 17.9 Å². The first kappa shape index (κ1) is 19.2. The summed E-state index contributed by atoms with van der Waals surface area (Å²) in [5, 5.41) is 0. The van der Waals surface area contributed by atoms with E-state index in [1.807, 2.05) is 0 Å². The normalized spacial score (nSPS) is 13.2. The highest BCUT2D eigenvalue weighted by Gasteiger charge is 2.42. The molecule has 0 aliphatic rings. The minimum absolute atomic E-state index is 0.0347. The molecular formula is C16H27F3O. The summed E-state index contributed by atoms with van der Waals surface area (Å²) in [4.78, 5) is 11.6. The molecule has 1 atom stereocenters. The van der Waals surface area contributed by atoms with Gasteiger partial charge in [0.15, 0.2) is 0 Å². The SMILES string of the molecule is C=CCC(C(=O)CCCCCCCCCC)C(F)(F)F. The number of allylic oxidation sites excluding steroid dienone is 1. The lowest BCUT2D eigenvalue weighted by atomic mass is 9.95. The second kappa shape index (κ2) is 10.9. The summed E-state index contributed by atoms with van der Waals surface area (Å²) in [6.07, 6.45) is 4.85. The average molecular weight is 292 g/mol. The van der Waals surface area contributed by atoms with Gasteiger partial charge in [0.2, 0.25) is 0 Å². The summed E-state index contributed by atoms with van der Waals surface area (Å²) in [5.41, 5.74) is 0. The van der Waals surface area contributed by atoms with Crippen molar-refractivity contribution >= 4 is 5.78 Å². The zero-order valence-electron chi connectivity index (χ0n) is 12.5. The smallest absolute Gasteiger partial charge is 0.299 e. The molecule has 0 fully saturated rings. The highest BCUT2D eigenvalue weighted by Crippen LogP contribution is 2.31. The van der Waals surface area contributed by atoms with Crippen LogP contribution in [-0.4, -0.2) is 12.0 Å². The molecule has 20 heavy (non-hydrogen) atoms. The second-order valence-electron chi connectivity index (χ2n) is 5.31. The number of alkyl halides is 3. The zero-order chi connectivity index (χ0) is 15.4. The number of hydrogen-bond acceptors (Lipinski definition) is 1. The Labute approximate surface area is 120 Å². The minimum Gasteiger partial charge on any atom is -0.299 e. The van der Waals surface area contributed by atoms with Gasteiger partial charge in [-0.05, 0) is 12.8 Å². The van der Waals surface area contributed by atoms with Crippen LogP contribution in [0.3, 0.4) is 0 Å². The summed E-state index contributed by atoms with van der Waals surface area (Å²) in [5.74, 6) is -2.55. The van der Waals surface area contributed by atoms with Crippen LogP contribution in [0, 0.1) is 5.92 Å². The number of ketones is 1. The molecule has 0 saturated heterocycles. The number of rotatable bonds is 12. The molecule has 0 heterocycles. The van der Waals surface area contributed by atoms with Crippen molar-refractivity contribution in [1.82, 2.24) is 0 Å². The van der Waals surface area contributed by atoms with Gasteiger partial charge in [-0.3, -0.25) is 4.79 Å². The minimum atomic E-state index is -4.44. The third-order valence-corrected chi connectivity index (χ3v) is 3.46. The van der Waals surface area contributed by atoms with Crippen LogP contribution >= 0.6 is 0 Å². The number of carbonyl (C=O) groups is 1. The standard InChI is InChI=1S/C16H27F3O/c1-3-5-6-7-8-9-10-11-13-15(20)14(12-4-2)16(17,18)19/h4,14H,2-3,5-13H2,1H3. The maximum atomic E-state index is 12.6. The van der Waals surface area contributed by atoms with Gasteiger partial charge < -0.3 is 0 Å². The maximum absolute atomic E-state index is 12.6. The van der Waals surface area contributed by atoms with Gasteiger partial charge in [-0.2, -0.15) is 13.2 Å². The van der Waals surface area contributed by atoms with Crippen molar-refractivity contribution in [3.63, 3.8) is 0 Å². The van der Waals surface area contributed by atoms with Crippen LogP contribution in [0.1, 0.15) is 71.1 Å². The second-order valence-corrected chi connectivity index (χ2v) is 5.31. The van der Waals surface area contributed by atoms with E-state index in [0.717, 1.165) is 19.3 Å². The average Bonchev–Trinajstić information content (AvgIpc) is 2.37. The molecule has 4 heteroatoms. The Kier molecular flexibility index (Phi) is 10.5. The van der Waals surface area contributed by atoms with Crippen LogP contribution in [0.25, 0.3) is 0 Å². The van der Waals surface area contributed by atoms with Crippen molar-refractivity contribution in [1.29, 1.82) is 0 Å². The molecule has 1 nitrogen and oxygen atoms in total. The highest BCUT2D eigenvalue weighted by atomic mass is 19.4. The number of hydrogen-bond donors (Lipinski definition) is 0. The van der Waals surface area contributed by atoms with E-state index in [0.29, 0.717) is 6.42 Å². The van der Waals surface area contributed by atoms with Gasteiger partial charge in [0.05, 0.1) is 0 Å². The molecule has 0 N–H and O–H groups in total. The van der Waals surface area contributed by atoms with Gasteiger partial charge in [-0.25, -0.2) is 0 Å². The maximum Gasteiger partial charge on any atom is 0.398 e. The van der Waals surface area contributed by atoms with E-state index in [4.69, 9.17) is 0 Å². The summed E-state index contributed by atoms with van der Waals surface area (Å²) >= 11 is 0. The van der Waals surface area contributed by atoms with Crippen LogP contribution in [0.2, 0.25) is 0 Å². The summed E-state index contributed by atoms with van der Waals surface area (Å²) in [6, 6.07) is 0. The Morgan fingerprint density at radius 3 is 2.00 bits per heavy atom. The Hall–Kier alpha value is -0.800. The van der Waals surface area contributed by atoms with Crippen molar-refractivity contribution in [2.45, 2.75) is 77.3 Å². The van der Waals surface area contributed by atoms with Gasteiger partial charge in [0, 0.05) is 6.42 Å². The Morgan fingerprint density at radius 2 is 1.55 bits per heavy atom. The number of halogens is 3. The van der Waals surface area contributed by atoms with Crippen molar-refractivity contribution in [3.05, 3.63) is 12.7 Å². The van der Waals surface area contributed by atoms with Crippen LogP contribution < -0.4 is 0 Å². The van der Waals surface area contributed by atoms with Gasteiger partial charge in [-0.15, -0.1) is 6.58 Å². The lowest BCUT2D eigenvalue weighted by Crippen LogP contribution is -2.30. The molecule has 0 bridgehead atoms. The van der Waals surface area contributed by atoms with Crippen LogP contribution in [-0.2, 0) is 4.79 Å². The molecule has 0 spiro atoms. The largest absolute Gasteiger partial charge is 0.398 e. The molecule has 0 radical (unpaired) electrons. The predicted octanol–water partition coefficient (Wildman–Crippen LogP) is 5.84. The van der Waals surface area contributed by atoms with Crippen molar-refractivity contribution < 1.29 is 18.0 Å². The van der Waals surface area contributed by atoms with Crippen molar-refractivity contribution in [3.8, 4) is 0 Å². The van der Waals surface area contributed by atoms with Crippen LogP contribution in [0.5, 0.6) is 0 Å². The molecule has 118 valence electrons. The fraction of sp³-hybridized carbons (Fsp3) is 0.812. The van der Waals surface area contributed by atoms with E-state index in [1.54, 1.807) is 0 Å². The monoisotopic (exact) mass is 292 g/mol. The molecule has 0 aromatic rings. The Balaban J connectivity index is 3.77. The van der Waals surface area contributed by atoms with E-state index >= 15 is 0 Å². The van der Waals surface area contributed by atoms with Crippen molar-refractivity contribution in [2.24, 2.45) is 5.92 Å². The third kappa shape index (κ3) is 9.16. The Morgan fingerprint density at radius 1 is 1.05 bits per heavy atom. The fourth-order valence-corrected chi connectivity index (χ4v) is 2.22. The van der Waals surface area contributed by atoms with Gasteiger partial charge in [0.1, 0.15) is 11.7 Å². The number of Topliss-reactive ketones (excluding diaryl/α,β-unsaturated/α-hetero) is 1. The molecule has 0 aromatic carbocycles. The topological polar surface area (TPSA) is 17.1 Å². The van der Waals surface area contributed by atoms with E-state index in [1.165, 1.54) is 31.8 Å².